The molecule has 0 amide bonds. The third-order valence-electron chi connectivity index (χ3n) is 3.26. The molecule has 0 aliphatic carbocycles. The molecule has 0 heterocycles. The Labute approximate surface area is 117 Å². The van der Waals surface area contributed by atoms with Crippen molar-refractivity contribution < 1.29 is 0 Å². The molecule has 0 N–H and O–H groups in total. The monoisotopic (exact) mass is 268 g/mol. The Morgan fingerprint density at radius 3 is 1.83 bits per heavy atom. The summed E-state index contributed by atoms with van der Waals surface area (Å²) in [6, 6.07) is 0. The molecule has 0 unspecified atom stereocenters. The Bertz CT molecular complexity index is 253. The van der Waals surface area contributed by atoms with Crippen molar-refractivity contribution in [1.29, 1.82) is 0 Å². The van der Waals surface area contributed by atoms with Gasteiger partial charge in [0.1, 0.15) is 0 Å². The molecule has 0 aliphatic heterocycles. The second-order valence-corrected chi connectivity index (χ2v) is 9.06. The van der Waals surface area contributed by atoms with Crippen molar-refractivity contribution in [2.75, 3.05) is 0 Å². The quantitative estimate of drug-likeness (QED) is 0.322. The molecule has 0 saturated carbocycles. The molecule has 0 fully saturated rings. The fraction of sp³-hybridized carbons (Fsp3) is 0.765. The van der Waals surface area contributed by atoms with E-state index >= 15 is 0 Å². The Morgan fingerprint density at radius 2 is 1.50 bits per heavy atom. The van der Waals surface area contributed by atoms with Gasteiger partial charge in [0.15, 0.2) is 0 Å². The van der Waals surface area contributed by atoms with Gasteiger partial charge in [-0.3, -0.25) is 0 Å². The molecule has 0 aromatic rings. The second kappa shape index (κ2) is 9.79. The number of rotatable bonds is 9. The molecule has 1 heteroatoms. The minimum Gasteiger partial charge on any atom is -0.103 e. The van der Waals surface area contributed by atoms with E-state index in [1.54, 1.807) is 10.9 Å². The van der Waals surface area contributed by atoms with Gasteiger partial charge in [0.25, 0.3) is 0 Å². The molecule has 0 aromatic carbocycles. The zero-order chi connectivity index (χ0) is 14.1. The van der Waals surface area contributed by atoms with E-state index in [-0.39, 0.29) is 7.92 Å². The molecule has 18 heavy (non-hydrogen) atoms. The largest absolute Gasteiger partial charge is 0.103 e. The Hall–Kier alpha value is -0.0900. The number of hydrogen-bond donors (Lipinski definition) is 0. The lowest BCUT2D eigenvalue weighted by molar-refractivity contribution is 0.839. The predicted molar refractivity (Wildman–Crippen MR) is 88.8 cm³/mol. The predicted octanol–water partition coefficient (Wildman–Crippen LogP) is 6.72. The maximum Gasteiger partial charge on any atom is -0.0135 e. The van der Waals surface area contributed by atoms with Crippen molar-refractivity contribution in [2.45, 2.75) is 85.0 Å². The summed E-state index contributed by atoms with van der Waals surface area (Å²) in [5.41, 5.74) is 3.30. The average molecular weight is 268 g/mol. The van der Waals surface area contributed by atoms with Crippen LogP contribution >= 0.6 is 7.92 Å². The van der Waals surface area contributed by atoms with E-state index in [9.17, 15) is 0 Å². The van der Waals surface area contributed by atoms with Gasteiger partial charge in [-0.2, -0.15) is 0 Å². The van der Waals surface area contributed by atoms with Crippen molar-refractivity contribution >= 4 is 7.92 Å². The standard InChI is InChI=1S/C17H33P/c1-8-11-16(12-9-2)17(13-10-3)18(14(4)5)15(6)7/h8,14-15H,1,9-13H2,2-7H3/b17-16-. The first kappa shape index (κ1) is 17.9. The highest BCUT2D eigenvalue weighted by molar-refractivity contribution is 7.63. The van der Waals surface area contributed by atoms with Gasteiger partial charge in [0.2, 0.25) is 0 Å². The Balaban J connectivity index is 5.41. The summed E-state index contributed by atoms with van der Waals surface area (Å²) in [5, 5.41) is 1.80. The van der Waals surface area contributed by atoms with Crippen molar-refractivity contribution in [3.05, 3.63) is 23.5 Å². The van der Waals surface area contributed by atoms with Crippen LogP contribution in [-0.2, 0) is 0 Å². The van der Waals surface area contributed by atoms with Crippen LogP contribution in [-0.4, -0.2) is 11.3 Å². The van der Waals surface area contributed by atoms with Crippen LogP contribution in [0.15, 0.2) is 23.5 Å². The van der Waals surface area contributed by atoms with Crippen molar-refractivity contribution in [1.82, 2.24) is 0 Å². The van der Waals surface area contributed by atoms with Gasteiger partial charge in [-0.05, 0) is 35.9 Å². The summed E-state index contributed by atoms with van der Waals surface area (Å²) < 4.78 is 0. The average Bonchev–Trinajstić information content (AvgIpc) is 2.27. The van der Waals surface area contributed by atoms with Crippen LogP contribution in [0.1, 0.15) is 73.6 Å². The molecular weight excluding hydrogens is 235 g/mol. The molecule has 0 atom stereocenters. The van der Waals surface area contributed by atoms with E-state index in [1.165, 1.54) is 25.7 Å². The van der Waals surface area contributed by atoms with Gasteiger partial charge in [-0.25, -0.2) is 0 Å². The van der Waals surface area contributed by atoms with Crippen LogP contribution < -0.4 is 0 Å². The normalized spacial score (nSPS) is 13.4. The van der Waals surface area contributed by atoms with E-state index < -0.39 is 0 Å². The highest BCUT2D eigenvalue weighted by atomic mass is 31.1. The summed E-state index contributed by atoms with van der Waals surface area (Å²) in [4.78, 5) is 0. The third kappa shape index (κ3) is 5.70. The molecule has 0 nitrogen and oxygen atoms in total. The van der Waals surface area contributed by atoms with Crippen LogP contribution in [0.2, 0.25) is 0 Å². The molecule has 106 valence electrons. The SMILES string of the molecule is C=CC/C(CCC)=C(\CCC)P(C(C)C)C(C)C. The fourth-order valence-electron chi connectivity index (χ4n) is 2.79. The Morgan fingerprint density at radius 1 is 1.00 bits per heavy atom. The molecular formula is C17H33P. The van der Waals surface area contributed by atoms with Gasteiger partial charge in [0.05, 0.1) is 0 Å². The third-order valence-corrected chi connectivity index (χ3v) is 6.65. The zero-order valence-electron chi connectivity index (χ0n) is 13.4. The second-order valence-electron chi connectivity index (χ2n) is 5.64. The summed E-state index contributed by atoms with van der Waals surface area (Å²) in [6.07, 6.45) is 8.29. The number of allylic oxidation sites excluding steroid dienone is 3. The van der Waals surface area contributed by atoms with E-state index in [1.807, 2.05) is 0 Å². The smallest absolute Gasteiger partial charge is 0.0135 e. The molecule has 0 bridgehead atoms. The van der Waals surface area contributed by atoms with Gasteiger partial charge in [0, 0.05) is 0 Å². The minimum atomic E-state index is 0.0214. The first-order valence-corrected chi connectivity index (χ1v) is 9.07. The summed E-state index contributed by atoms with van der Waals surface area (Å²) in [5.74, 6) is 0. The number of hydrogen-bond acceptors (Lipinski definition) is 0. The molecule has 0 saturated heterocycles. The Kier molecular flexibility index (Phi) is 9.74. The topological polar surface area (TPSA) is 0 Å². The van der Waals surface area contributed by atoms with Crippen LogP contribution in [0.3, 0.4) is 0 Å². The van der Waals surface area contributed by atoms with E-state index in [4.69, 9.17) is 0 Å². The first-order chi connectivity index (χ1) is 8.49. The summed E-state index contributed by atoms with van der Waals surface area (Å²) in [7, 11) is 0.0214. The lowest BCUT2D eigenvalue weighted by Gasteiger charge is -2.31. The molecule has 0 aliphatic rings. The molecule has 0 rings (SSSR count). The summed E-state index contributed by atoms with van der Waals surface area (Å²) in [6.45, 7) is 18.2. The van der Waals surface area contributed by atoms with Crippen LogP contribution in [0.25, 0.3) is 0 Å². The van der Waals surface area contributed by atoms with Crippen molar-refractivity contribution in [2.24, 2.45) is 0 Å². The zero-order valence-corrected chi connectivity index (χ0v) is 14.3. The van der Waals surface area contributed by atoms with Gasteiger partial charge < -0.3 is 0 Å². The van der Waals surface area contributed by atoms with Crippen LogP contribution in [0.4, 0.5) is 0 Å². The van der Waals surface area contributed by atoms with E-state index in [2.05, 4.69) is 54.2 Å². The van der Waals surface area contributed by atoms with Gasteiger partial charge >= 0.3 is 0 Å². The summed E-state index contributed by atoms with van der Waals surface area (Å²) >= 11 is 0. The van der Waals surface area contributed by atoms with Crippen molar-refractivity contribution in [3.63, 3.8) is 0 Å². The van der Waals surface area contributed by atoms with Gasteiger partial charge in [-0.15, -0.1) is 6.58 Å². The van der Waals surface area contributed by atoms with E-state index in [0.29, 0.717) is 0 Å². The molecule has 0 radical (unpaired) electrons. The fourth-order valence-corrected chi connectivity index (χ4v) is 6.27. The lowest BCUT2D eigenvalue weighted by Crippen LogP contribution is -2.07. The van der Waals surface area contributed by atoms with E-state index in [0.717, 1.165) is 17.7 Å². The van der Waals surface area contributed by atoms with Gasteiger partial charge in [-0.1, -0.05) is 74.0 Å². The maximum absolute atomic E-state index is 3.95. The van der Waals surface area contributed by atoms with Crippen LogP contribution in [0.5, 0.6) is 0 Å². The first-order valence-electron chi connectivity index (χ1n) is 7.59. The molecule has 0 spiro atoms. The van der Waals surface area contributed by atoms with Crippen LogP contribution in [0, 0.1) is 0 Å². The van der Waals surface area contributed by atoms with Crippen molar-refractivity contribution in [3.8, 4) is 0 Å². The highest BCUT2D eigenvalue weighted by Crippen LogP contribution is 2.56. The lowest BCUT2D eigenvalue weighted by atomic mass is 10.1. The minimum absolute atomic E-state index is 0.0214. The molecule has 0 aromatic heterocycles. The highest BCUT2D eigenvalue weighted by Gasteiger charge is 2.22. The maximum atomic E-state index is 3.95.